The molecule has 6 rings (SSSR count). The van der Waals surface area contributed by atoms with Gasteiger partial charge in [-0.25, -0.2) is 13.6 Å². The molecular formula is C28H23F2N3O6. The van der Waals surface area contributed by atoms with E-state index in [4.69, 9.17) is 13.6 Å². The van der Waals surface area contributed by atoms with Crippen LogP contribution < -0.4 is 16.0 Å². The Morgan fingerprint density at radius 2 is 1.87 bits per heavy atom. The lowest BCUT2D eigenvalue weighted by molar-refractivity contribution is 0.0559. The molecule has 2 aromatic carbocycles. The van der Waals surface area contributed by atoms with Crippen molar-refractivity contribution in [3.8, 4) is 5.75 Å². The van der Waals surface area contributed by atoms with Gasteiger partial charge in [-0.05, 0) is 31.4 Å². The molecule has 4 aromatic rings. The van der Waals surface area contributed by atoms with E-state index in [-0.39, 0.29) is 35.1 Å². The maximum atomic E-state index is 15.4. The van der Waals surface area contributed by atoms with Crippen LogP contribution in [0.3, 0.4) is 0 Å². The van der Waals surface area contributed by atoms with Gasteiger partial charge in [0.25, 0.3) is 5.91 Å². The molecule has 9 nitrogen and oxygen atoms in total. The fourth-order valence-electron chi connectivity index (χ4n) is 5.70. The zero-order valence-corrected chi connectivity index (χ0v) is 20.8. The molecule has 4 heterocycles. The summed E-state index contributed by atoms with van der Waals surface area (Å²) in [6.07, 6.45) is 2.33. The quantitative estimate of drug-likeness (QED) is 0.368. The van der Waals surface area contributed by atoms with Gasteiger partial charge in [0, 0.05) is 18.0 Å². The van der Waals surface area contributed by atoms with Gasteiger partial charge in [0.15, 0.2) is 34.6 Å². The molecule has 39 heavy (non-hydrogen) atoms. The zero-order valence-electron chi connectivity index (χ0n) is 20.8. The van der Waals surface area contributed by atoms with Crippen LogP contribution in [0.1, 0.15) is 57.9 Å². The summed E-state index contributed by atoms with van der Waals surface area (Å²) in [5.41, 5.74) is 0.0459. The van der Waals surface area contributed by atoms with Crippen LogP contribution in [0.4, 0.5) is 8.78 Å². The van der Waals surface area contributed by atoms with Gasteiger partial charge in [-0.3, -0.25) is 14.3 Å². The van der Waals surface area contributed by atoms with E-state index in [1.54, 1.807) is 17.0 Å². The number of hydrogen-bond donors (Lipinski definition) is 0. The smallest absolute Gasteiger partial charge is 0.479 e. The largest absolute Gasteiger partial charge is 0.519 e. The Bertz CT molecular complexity index is 1680. The van der Waals surface area contributed by atoms with Crippen molar-refractivity contribution in [1.29, 1.82) is 0 Å². The maximum Gasteiger partial charge on any atom is 0.519 e. The molecule has 1 fully saturated rings. The highest BCUT2D eigenvalue weighted by Crippen LogP contribution is 2.46. The van der Waals surface area contributed by atoms with Crippen LogP contribution in [0.15, 0.2) is 73.2 Å². The Kier molecular flexibility index (Phi) is 6.13. The summed E-state index contributed by atoms with van der Waals surface area (Å²) >= 11 is 0. The standard InChI is InChI=1S/C28H23F2N3O6/c1-15-21(39-28(36)38-15)14-37-26-20(34)13-31-33-24(19-11-6-12-32(19)27(35)25(26)33)22(16-7-3-2-4-8-16)17-9-5-10-18(29)23(17)30/h2-5,7-10,13,19,22,24H,6,11-12,14H2,1H3/t19-,22-,24-/m1/s1. The highest BCUT2D eigenvalue weighted by molar-refractivity contribution is 5.96. The van der Waals surface area contributed by atoms with Crippen molar-refractivity contribution in [2.24, 2.45) is 0 Å². The van der Waals surface area contributed by atoms with Crippen molar-refractivity contribution in [3.63, 3.8) is 0 Å². The van der Waals surface area contributed by atoms with Crippen LogP contribution in [0, 0.1) is 18.6 Å². The van der Waals surface area contributed by atoms with E-state index in [0.29, 0.717) is 24.9 Å². The Balaban J connectivity index is 1.55. The number of halogens is 2. The molecule has 1 saturated heterocycles. The van der Waals surface area contributed by atoms with Gasteiger partial charge in [0.1, 0.15) is 6.61 Å². The topological polar surface area (TPSA) is 108 Å². The van der Waals surface area contributed by atoms with E-state index >= 15 is 4.39 Å². The third-order valence-electron chi connectivity index (χ3n) is 7.41. The van der Waals surface area contributed by atoms with E-state index in [9.17, 15) is 18.8 Å². The lowest BCUT2D eigenvalue weighted by Crippen LogP contribution is -2.51. The van der Waals surface area contributed by atoms with E-state index in [1.165, 1.54) is 23.7 Å². The molecule has 0 saturated carbocycles. The third-order valence-corrected chi connectivity index (χ3v) is 7.41. The van der Waals surface area contributed by atoms with E-state index in [0.717, 1.165) is 12.3 Å². The van der Waals surface area contributed by atoms with Crippen LogP contribution in [-0.4, -0.2) is 33.2 Å². The number of ether oxygens (including phenoxy) is 1. The molecular weight excluding hydrogens is 512 g/mol. The Labute approximate surface area is 220 Å². The highest BCUT2D eigenvalue weighted by atomic mass is 19.2. The number of benzene rings is 2. The van der Waals surface area contributed by atoms with Gasteiger partial charge in [-0.2, -0.15) is 5.10 Å². The summed E-state index contributed by atoms with van der Waals surface area (Å²) in [5, 5.41) is 4.34. The SMILES string of the molecule is Cc1oc(=O)oc1COc1c2n(ncc1=O)[C@@H]([C@H](c1ccccc1)c1cccc(F)c1F)[C@H]1CCCN1C2=O. The molecule has 2 aliphatic heterocycles. The Hall–Kier alpha value is -4.54. The number of aryl methyl sites for hydroxylation is 1. The van der Waals surface area contributed by atoms with Crippen molar-refractivity contribution < 1.29 is 27.1 Å². The molecule has 0 bridgehead atoms. The molecule has 0 radical (unpaired) electrons. The summed E-state index contributed by atoms with van der Waals surface area (Å²) in [7, 11) is 0. The summed E-state index contributed by atoms with van der Waals surface area (Å²) in [4.78, 5) is 39.8. The average Bonchev–Trinajstić information content (AvgIpc) is 3.54. The predicted octanol–water partition coefficient (Wildman–Crippen LogP) is 3.95. The van der Waals surface area contributed by atoms with Gasteiger partial charge in [-0.1, -0.05) is 42.5 Å². The maximum absolute atomic E-state index is 15.4. The van der Waals surface area contributed by atoms with E-state index in [2.05, 4.69) is 5.10 Å². The van der Waals surface area contributed by atoms with Gasteiger partial charge in [0.2, 0.25) is 5.43 Å². The molecule has 0 N–H and O–H groups in total. The number of amides is 1. The second-order valence-electron chi connectivity index (χ2n) is 9.58. The number of aromatic nitrogens is 2. The summed E-state index contributed by atoms with van der Waals surface area (Å²) in [6, 6.07) is 12.0. The summed E-state index contributed by atoms with van der Waals surface area (Å²) in [5.74, 6) is -4.13. The number of fused-ring (bicyclic) bond motifs is 2. The summed E-state index contributed by atoms with van der Waals surface area (Å²) in [6.45, 7) is 1.59. The number of carbonyl (C=O) groups excluding carboxylic acids is 1. The molecule has 11 heteroatoms. The first-order valence-corrected chi connectivity index (χ1v) is 12.5. The minimum Gasteiger partial charge on any atom is -0.479 e. The number of hydrogen-bond acceptors (Lipinski definition) is 7. The fourth-order valence-corrected chi connectivity index (χ4v) is 5.70. The number of nitrogens with zero attached hydrogens (tertiary/aromatic N) is 3. The predicted molar refractivity (Wildman–Crippen MR) is 133 cm³/mol. The second kappa shape index (κ2) is 9.64. The number of carbonyl (C=O) groups is 1. The summed E-state index contributed by atoms with van der Waals surface area (Å²) < 4.78 is 46.9. The van der Waals surface area contributed by atoms with Gasteiger partial charge < -0.3 is 18.5 Å². The Morgan fingerprint density at radius 3 is 2.62 bits per heavy atom. The minimum absolute atomic E-state index is 0.0674. The first kappa shape index (κ1) is 24.8. The van der Waals surface area contributed by atoms with Crippen molar-refractivity contribution in [2.45, 2.75) is 44.4 Å². The molecule has 200 valence electrons. The van der Waals surface area contributed by atoms with Gasteiger partial charge in [-0.15, -0.1) is 0 Å². The van der Waals surface area contributed by atoms with Gasteiger partial charge >= 0.3 is 5.82 Å². The number of rotatable bonds is 6. The third kappa shape index (κ3) is 4.14. The normalized spacial score (nSPS) is 19.1. The van der Waals surface area contributed by atoms with Crippen LogP contribution >= 0.6 is 0 Å². The molecule has 0 aliphatic carbocycles. The van der Waals surface area contributed by atoms with Crippen molar-refractivity contribution in [3.05, 3.63) is 116 Å². The first-order chi connectivity index (χ1) is 18.8. The van der Waals surface area contributed by atoms with Crippen molar-refractivity contribution in [2.75, 3.05) is 6.54 Å². The van der Waals surface area contributed by atoms with E-state index in [1.807, 2.05) is 18.2 Å². The monoisotopic (exact) mass is 535 g/mol. The second-order valence-corrected chi connectivity index (χ2v) is 9.58. The first-order valence-electron chi connectivity index (χ1n) is 12.5. The lowest BCUT2D eigenvalue weighted by Gasteiger charge is -2.42. The van der Waals surface area contributed by atoms with E-state index < -0.39 is 46.8 Å². The minimum atomic E-state index is -0.989. The molecule has 2 aromatic heterocycles. The molecule has 2 aliphatic rings. The average molecular weight is 536 g/mol. The van der Waals surface area contributed by atoms with Crippen LogP contribution in [0.5, 0.6) is 5.75 Å². The van der Waals surface area contributed by atoms with Crippen molar-refractivity contribution in [1.82, 2.24) is 14.7 Å². The van der Waals surface area contributed by atoms with Crippen molar-refractivity contribution >= 4 is 5.91 Å². The molecule has 1 amide bonds. The van der Waals surface area contributed by atoms with Crippen LogP contribution in [-0.2, 0) is 6.61 Å². The lowest BCUT2D eigenvalue weighted by atomic mass is 9.79. The fraction of sp³-hybridized carbons (Fsp3) is 0.286. The van der Waals surface area contributed by atoms with Crippen LogP contribution in [0.2, 0.25) is 0 Å². The van der Waals surface area contributed by atoms with Crippen LogP contribution in [0.25, 0.3) is 0 Å². The molecule has 0 unspecified atom stereocenters. The van der Waals surface area contributed by atoms with Gasteiger partial charge in [0.05, 0.1) is 18.3 Å². The zero-order chi connectivity index (χ0) is 27.3. The highest BCUT2D eigenvalue weighted by Gasteiger charge is 2.48. The Morgan fingerprint density at radius 1 is 1.08 bits per heavy atom. The molecule has 0 spiro atoms. The molecule has 3 atom stereocenters.